The van der Waals surface area contributed by atoms with E-state index in [4.69, 9.17) is 0 Å². The minimum atomic E-state index is 0.0283. The Hall–Kier alpha value is -2.59. The second kappa shape index (κ2) is 7.57. The number of nitrogens with one attached hydrogen (secondary N) is 1. The molecule has 0 fully saturated rings. The van der Waals surface area contributed by atoms with E-state index in [1.54, 1.807) is 0 Å². The van der Waals surface area contributed by atoms with E-state index in [-0.39, 0.29) is 18.0 Å². The van der Waals surface area contributed by atoms with E-state index in [1.807, 2.05) is 65.6 Å². The van der Waals surface area contributed by atoms with Crippen LogP contribution >= 0.6 is 15.9 Å². The Labute approximate surface area is 168 Å². The van der Waals surface area contributed by atoms with E-state index in [1.165, 1.54) is 0 Å². The first-order valence-electron chi connectivity index (χ1n) is 9.14. The topological polar surface area (TPSA) is 32.3 Å². The summed E-state index contributed by atoms with van der Waals surface area (Å²) in [6.45, 7) is 2.12. The molecule has 3 aromatic carbocycles. The molecule has 1 aliphatic rings. The highest BCUT2D eigenvalue weighted by Gasteiger charge is 2.34. The summed E-state index contributed by atoms with van der Waals surface area (Å²) in [6.07, 6.45) is 0.849. The molecule has 1 N–H and O–H groups in total. The minimum absolute atomic E-state index is 0.0283. The number of nitrogens with zero attached hydrogens (tertiary/aromatic N) is 1. The number of anilines is 2. The highest BCUT2D eigenvalue weighted by atomic mass is 79.9. The van der Waals surface area contributed by atoms with Gasteiger partial charge in [-0.05, 0) is 65.2 Å². The van der Waals surface area contributed by atoms with Gasteiger partial charge in [0, 0.05) is 21.9 Å². The zero-order valence-corrected chi connectivity index (χ0v) is 16.7. The molecule has 1 amide bonds. The number of fused-ring (bicyclic) bond motifs is 1. The third kappa shape index (κ3) is 3.50. The molecule has 0 aromatic heterocycles. The predicted octanol–water partition coefficient (Wildman–Crippen LogP) is 6.04. The number of carbonyl (C=O) groups is 1. The van der Waals surface area contributed by atoms with Crippen LogP contribution in [0.1, 0.15) is 35.3 Å². The van der Waals surface area contributed by atoms with E-state index >= 15 is 0 Å². The van der Waals surface area contributed by atoms with Gasteiger partial charge in [0.1, 0.15) is 0 Å². The fourth-order valence-electron chi connectivity index (χ4n) is 3.76. The molecule has 0 bridgehead atoms. The maximum absolute atomic E-state index is 13.3. The van der Waals surface area contributed by atoms with Crippen LogP contribution in [0.25, 0.3) is 0 Å². The van der Waals surface area contributed by atoms with Crippen molar-refractivity contribution in [2.24, 2.45) is 0 Å². The van der Waals surface area contributed by atoms with Gasteiger partial charge in [-0.15, -0.1) is 0 Å². The summed E-state index contributed by atoms with van der Waals surface area (Å²) < 4.78 is 0.823. The van der Waals surface area contributed by atoms with Crippen molar-refractivity contribution in [2.75, 3.05) is 10.2 Å². The highest BCUT2D eigenvalue weighted by Crippen LogP contribution is 2.40. The van der Waals surface area contributed by atoms with Crippen LogP contribution in [0.15, 0.2) is 83.3 Å². The lowest BCUT2D eigenvalue weighted by Gasteiger charge is -2.40. The largest absolute Gasteiger partial charge is 0.378 e. The van der Waals surface area contributed by atoms with Crippen molar-refractivity contribution < 1.29 is 4.79 Å². The van der Waals surface area contributed by atoms with E-state index in [2.05, 4.69) is 46.4 Å². The number of carbonyl (C=O) groups excluding carboxylic acids is 1. The summed E-state index contributed by atoms with van der Waals surface area (Å²) in [7, 11) is 0. The molecular weight excluding hydrogens is 400 g/mol. The lowest BCUT2D eigenvalue weighted by Crippen LogP contribution is -2.44. The zero-order valence-electron chi connectivity index (χ0n) is 15.1. The van der Waals surface area contributed by atoms with E-state index in [9.17, 15) is 4.79 Å². The molecule has 1 heterocycles. The molecule has 3 nitrogen and oxygen atoms in total. The lowest BCUT2D eigenvalue weighted by molar-refractivity contribution is 0.0973. The van der Waals surface area contributed by atoms with E-state index in [0.29, 0.717) is 5.56 Å². The molecule has 2 atom stereocenters. The van der Waals surface area contributed by atoms with E-state index < -0.39 is 0 Å². The number of hydrogen-bond donors (Lipinski definition) is 1. The highest BCUT2D eigenvalue weighted by molar-refractivity contribution is 9.10. The zero-order chi connectivity index (χ0) is 18.8. The van der Waals surface area contributed by atoms with Crippen molar-refractivity contribution >= 4 is 33.2 Å². The van der Waals surface area contributed by atoms with Crippen molar-refractivity contribution in [1.29, 1.82) is 0 Å². The van der Waals surface area contributed by atoms with Gasteiger partial charge in [0.15, 0.2) is 0 Å². The summed E-state index contributed by atoms with van der Waals surface area (Å²) >= 11 is 3.52. The Morgan fingerprint density at radius 3 is 2.41 bits per heavy atom. The Balaban J connectivity index is 1.71. The van der Waals surface area contributed by atoms with Crippen molar-refractivity contribution in [1.82, 2.24) is 0 Å². The van der Waals surface area contributed by atoms with Crippen LogP contribution in [0, 0.1) is 0 Å². The number of amides is 1. The molecule has 0 radical (unpaired) electrons. The third-order valence-electron chi connectivity index (χ3n) is 5.03. The monoisotopic (exact) mass is 420 g/mol. The molecule has 4 rings (SSSR count). The summed E-state index contributed by atoms with van der Waals surface area (Å²) in [4.78, 5) is 15.3. The first kappa shape index (κ1) is 17.8. The molecule has 0 unspecified atom stereocenters. The SMILES string of the molecule is C[C@@H]1C[C@H](Nc2ccccc2)c2ccccc2N1C(=O)c1ccccc1Br. The van der Waals surface area contributed by atoms with Crippen LogP contribution in [-0.2, 0) is 0 Å². The molecule has 3 aromatic rings. The van der Waals surface area contributed by atoms with Crippen molar-refractivity contribution in [3.63, 3.8) is 0 Å². The normalized spacial score (nSPS) is 18.7. The number of para-hydroxylation sites is 2. The van der Waals surface area contributed by atoms with Crippen LogP contribution in [-0.4, -0.2) is 11.9 Å². The molecule has 1 aliphatic heterocycles. The molecule has 136 valence electrons. The lowest BCUT2D eigenvalue weighted by atomic mass is 9.90. The second-order valence-electron chi connectivity index (χ2n) is 6.86. The molecule has 0 saturated heterocycles. The molecule has 0 saturated carbocycles. The van der Waals surface area contributed by atoms with Crippen LogP contribution in [0.4, 0.5) is 11.4 Å². The van der Waals surface area contributed by atoms with Gasteiger partial charge in [0.25, 0.3) is 5.91 Å². The van der Waals surface area contributed by atoms with Gasteiger partial charge in [-0.3, -0.25) is 4.79 Å². The van der Waals surface area contributed by atoms with Gasteiger partial charge in [-0.25, -0.2) is 0 Å². The van der Waals surface area contributed by atoms with Gasteiger partial charge < -0.3 is 10.2 Å². The number of benzene rings is 3. The molecule has 0 spiro atoms. The van der Waals surface area contributed by atoms with Gasteiger partial charge in [-0.2, -0.15) is 0 Å². The molecule has 27 heavy (non-hydrogen) atoms. The van der Waals surface area contributed by atoms with Crippen LogP contribution in [0.2, 0.25) is 0 Å². The van der Waals surface area contributed by atoms with Gasteiger partial charge in [-0.1, -0.05) is 48.5 Å². The smallest absolute Gasteiger partial charge is 0.259 e. The Morgan fingerprint density at radius 1 is 0.963 bits per heavy atom. The summed E-state index contributed by atoms with van der Waals surface area (Å²) in [6, 6.07) is 26.3. The summed E-state index contributed by atoms with van der Waals surface area (Å²) in [5.41, 5.74) is 3.91. The summed E-state index contributed by atoms with van der Waals surface area (Å²) in [5.74, 6) is 0.0283. The van der Waals surface area contributed by atoms with Gasteiger partial charge in [0.2, 0.25) is 0 Å². The average Bonchev–Trinajstić information content (AvgIpc) is 2.69. The quantitative estimate of drug-likeness (QED) is 0.559. The molecular formula is C23H21BrN2O. The Morgan fingerprint density at radius 2 is 1.63 bits per heavy atom. The number of hydrogen-bond acceptors (Lipinski definition) is 2. The standard InChI is InChI=1S/C23H21BrN2O/c1-16-15-21(25-17-9-3-2-4-10-17)19-12-6-8-14-22(19)26(16)23(27)18-11-5-7-13-20(18)24/h2-14,16,21,25H,15H2,1H3/t16-,21+/m1/s1. The van der Waals surface area contributed by atoms with Gasteiger partial charge in [0.05, 0.1) is 11.6 Å². The second-order valence-corrected chi connectivity index (χ2v) is 7.72. The molecule has 0 aliphatic carbocycles. The summed E-state index contributed by atoms with van der Waals surface area (Å²) in [5, 5.41) is 3.63. The van der Waals surface area contributed by atoms with Crippen molar-refractivity contribution in [3.05, 3.63) is 94.5 Å². The number of halogens is 1. The maximum Gasteiger partial charge on any atom is 0.259 e. The minimum Gasteiger partial charge on any atom is -0.378 e. The predicted molar refractivity (Wildman–Crippen MR) is 114 cm³/mol. The Kier molecular flexibility index (Phi) is 4.99. The number of rotatable bonds is 3. The van der Waals surface area contributed by atoms with E-state index in [0.717, 1.165) is 27.8 Å². The third-order valence-corrected chi connectivity index (χ3v) is 5.72. The Bertz CT molecular complexity index is 957. The fourth-order valence-corrected chi connectivity index (χ4v) is 4.21. The fraction of sp³-hybridized carbons (Fsp3) is 0.174. The first-order chi connectivity index (χ1) is 13.1. The first-order valence-corrected chi connectivity index (χ1v) is 9.93. The van der Waals surface area contributed by atoms with Crippen LogP contribution in [0.5, 0.6) is 0 Å². The van der Waals surface area contributed by atoms with Gasteiger partial charge >= 0.3 is 0 Å². The molecule has 4 heteroatoms. The van der Waals surface area contributed by atoms with Crippen molar-refractivity contribution in [2.45, 2.75) is 25.4 Å². The maximum atomic E-state index is 13.3. The average molecular weight is 421 g/mol. The van der Waals surface area contributed by atoms with Crippen molar-refractivity contribution in [3.8, 4) is 0 Å². The van der Waals surface area contributed by atoms with Crippen LogP contribution < -0.4 is 10.2 Å². The van der Waals surface area contributed by atoms with Crippen LogP contribution in [0.3, 0.4) is 0 Å².